The van der Waals surface area contributed by atoms with Gasteiger partial charge in [0.1, 0.15) is 11.3 Å². The van der Waals surface area contributed by atoms with Crippen molar-refractivity contribution in [1.29, 1.82) is 0 Å². The predicted octanol–water partition coefficient (Wildman–Crippen LogP) is 2.17. The Bertz CT molecular complexity index is 701. The molecule has 6 nitrogen and oxygen atoms in total. The van der Waals surface area contributed by atoms with Gasteiger partial charge in [-0.3, -0.25) is 0 Å². The topological polar surface area (TPSA) is 89.1 Å². The molecule has 1 heterocycles. The van der Waals surface area contributed by atoms with Crippen LogP contribution in [-0.4, -0.2) is 23.4 Å². The van der Waals surface area contributed by atoms with E-state index in [0.717, 1.165) is 0 Å². The van der Waals surface area contributed by atoms with Crippen molar-refractivity contribution >= 4 is 11.0 Å². The van der Waals surface area contributed by atoms with Crippen LogP contribution in [0.1, 0.15) is 13.3 Å². The molecule has 0 saturated carbocycles. The molecule has 0 amide bonds. The summed E-state index contributed by atoms with van der Waals surface area (Å²) in [5, 5.41) is 19.2. The van der Waals surface area contributed by atoms with Crippen molar-refractivity contribution < 1.29 is 24.1 Å². The quantitative estimate of drug-likeness (QED) is 0.482. The van der Waals surface area contributed by atoms with Crippen LogP contribution in [0.4, 0.5) is 0 Å². The van der Waals surface area contributed by atoms with Crippen LogP contribution in [0.2, 0.25) is 0 Å². The van der Waals surface area contributed by atoms with Crippen LogP contribution in [0.5, 0.6) is 17.2 Å². The first-order chi connectivity index (χ1) is 10.2. The number of aliphatic hydroxyl groups excluding tert-OH is 1. The molecule has 0 aliphatic carbocycles. The number of ether oxygens (including phenoxy) is 2. The standard InChI is InChI=1S/C15H16O6/c1-2-7-20-14-13(17)11-9-10(19-8-3-6-16)4-5-12(11)21-15(14)18/h2,4-5,7,9,16-17H,3,6,8H2,1H3. The molecule has 0 radical (unpaired) electrons. The fraction of sp³-hybridized carbons (Fsp3) is 0.267. The zero-order valence-corrected chi connectivity index (χ0v) is 11.5. The molecule has 0 aliphatic heterocycles. The zero-order chi connectivity index (χ0) is 15.2. The van der Waals surface area contributed by atoms with Gasteiger partial charge in [-0.1, -0.05) is 6.08 Å². The van der Waals surface area contributed by atoms with Crippen molar-refractivity contribution in [3.05, 3.63) is 41.0 Å². The number of fused-ring (bicyclic) bond motifs is 1. The largest absolute Gasteiger partial charge is 0.504 e. The van der Waals surface area contributed by atoms with Gasteiger partial charge in [-0.25, -0.2) is 4.79 Å². The monoisotopic (exact) mass is 292 g/mol. The molecule has 1 aromatic heterocycles. The number of hydrogen-bond acceptors (Lipinski definition) is 6. The minimum absolute atomic E-state index is 0.0368. The molecule has 2 aromatic rings. The van der Waals surface area contributed by atoms with E-state index in [1.54, 1.807) is 25.1 Å². The number of aromatic hydroxyl groups is 1. The molecule has 2 N–H and O–H groups in total. The van der Waals surface area contributed by atoms with E-state index in [2.05, 4.69) is 0 Å². The van der Waals surface area contributed by atoms with Gasteiger partial charge < -0.3 is 24.1 Å². The lowest BCUT2D eigenvalue weighted by atomic mass is 10.2. The Morgan fingerprint density at radius 3 is 2.90 bits per heavy atom. The second-order valence-electron chi connectivity index (χ2n) is 4.24. The summed E-state index contributed by atoms with van der Waals surface area (Å²) in [4.78, 5) is 11.7. The van der Waals surface area contributed by atoms with Gasteiger partial charge in [0.15, 0.2) is 5.75 Å². The first kappa shape index (κ1) is 14.9. The first-order valence-electron chi connectivity index (χ1n) is 6.48. The van der Waals surface area contributed by atoms with Crippen LogP contribution in [0.25, 0.3) is 11.0 Å². The Balaban J connectivity index is 2.42. The lowest BCUT2D eigenvalue weighted by Gasteiger charge is -2.08. The summed E-state index contributed by atoms with van der Waals surface area (Å²) in [7, 11) is 0. The summed E-state index contributed by atoms with van der Waals surface area (Å²) in [6.45, 7) is 2.10. The minimum atomic E-state index is -0.757. The number of aliphatic hydroxyl groups is 1. The fourth-order valence-corrected chi connectivity index (χ4v) is 1.73. The van der Waals surface area contributed by atoms with E-state index in [1.807, 2.05) is 0 Å². The lowest BCUT2D eigenvalue weighted by molar-refractivity contribution is 0.233. The predicted molar refractivity (Wildman–Crippen MR) is 76.8 cm³/mol. The highest BCUT2D eigenvalue weighted by Gasteiger charge is 2.15. The average molecular weight is 292 g/mol. The molecule has 112 valence electrons. The van der Waals surface area contributed by atoms with Gasteiger partial charge in [0.05, 0.1) is 18.3 Å². The third-order valence-electron chi connectivity index (χ3n) is 2.70. The average Bonchev–Trinajstić information content (AvgIpc) is 2.48. The molecule has 0 spiro atoms. The van der Waals surface area contributed by atoms with Crippen LogP contribution in [0.3, 0.4) is 0 Å². The highest BCUT2D eigenvalue weighted by Crippen LogP contribution is 2.33. The van der Waals surface area contributed by atoms with Crippen LogP contribution < -0.4 is 15.1 Å². The molecule has 21 heavy (non-hydrogen) atoms. The van der Waals surface area contributed by atoms with Crippen LogP contribution in [0.15, 0.2) is 39.7 Å². The second-order valence-corrected chi connectivity index (χ2v) is 4.24. The third kappa shape index (κ3) is 3.35. The normalized spacial score (nSPS) is 11.1. The summed E-state index contributed by atoms with van der Waals surface area (Å²) in [5.41, 5.74) is -0.521. The van der Waals surface area contributed by atoms with E-state index in [1.165, 1.54) is 12.3 Å². The van der Waals surface area contributed by atoms with Crippen molar-refractivity contribution in [2.24, 2.45) is 0 Å². The number of hydrogen-bond donors (Lipinski definition) is 2. The van der Waals surface area contributed by atoms with Crippen molar-refractivity contribution in [3.63, 3.8) is 0 Å². The first-order valence-corrected chi connectivity index (χ1v) is 6.48. The maximum absolute atomic E-state index is 11.7. The maximum atomic E-state index is 11.7. The van der Waals surface area contributed by atoms with E-state index in [-0.39, 0.29) is 23.7 Å². The van der Waals surface area contributed by atoms with Crippen molar-refractivity contribution in [3.8, 4) is 17.2 Å². The highest BCUT2D eigenvalue weighted by atomic mass is 16.5. The Morgan fingerprint density at radius 1 is 1.38 bits per heavy atom. The molecule has 0 unspecified atom stereocenters. The molecule has 2 rings (SSSR count). The van der Waals surface area contributed by atoms with E-state index < -0.39 is 5.63 Å². The molecular weight excluding hydrogens is 276 g/mol. The SMILES string of the molecule is CC=COc1c(O)c2cc(OCCCO)ccc2oc1=O. The number of benzene rings is 1. The zero-order valence-electron chi connectivity index (χ0n) is 11.5. The van der Waals surface area contributed by atoms with Crippen molar-refractivity contribution in [2.75, 3.05) is 13.2 Å². The van der Waals surface area contributed by atoms with Gasteiger partial charge in [-0.15, -0.1) is 0 Å². The molecule has 0 saturated heterocycles. The number of allylic oxidation sites excluding steroid dienone is 1. The van der Waals surface area contributed by atoms with E-state index in [4.69, 9.17) is 19.0 Å². The van der Waals surface area contributed by atoms with Gasteiger partial charge in [0.2, 0.25) is 0 Å². The summed E-state index contributed by atoms with van der Waals surface area (Å²) >= 11 is 0. The third-order valence-corrected chi connectivity index (χ3v) is 2.70. The summed E-state index contributed by atoms with van der Waals surface area (Å²) in [6, 6.07) is 4.70. The molecule has 0 atom stereocenters. The summed E-state index contributed by atoms with van der Waals surface area (Å²) < 4.78 is 15.5. The Labute approximate surface area is 120 Å². The molecule has 1 aromatic carbocycles. The summed E-state index contributed by atoms with van der Waals surface area (Å²) in [5.74, 6) is -0.0721. The second kappa shape index (κ2) is 6.81. The van der Waals surface area contributed by atoms with Gasteiger partial charge in [-0.05, 0) is 25.1 Å². The Kier molecular flexibility index (Phi) is 4.84. The van der Waals surface area contributed by atoms with Gasteiger partial charge in [-0.2, -0.15) is 0 Å². The maximum Gasteiger partial charge on any atom is 0.383 e. The van der Waals surface area contributed by atoms with E-state index in [0.29, 0.717) is 24.2 Å². The van der Waals surface area contributed by atoms with Gasteiger partial charge in [0, 0.05) is 13.0 Å². The van der Waals surface area contributed by atoms with E-state index in [9.17, 15) is 9.90 Å². The van der Waals surface area contributed by atoms with Gasteiger partial charge >= 0.3 is 5.63 Å². The molecule has 6 heteroatoms. The fourth-order valence-electron chi connectivity index (χ4n) is 1.73. The smallest absolute Gasteiger partial charge is 0.383 e. The van der Waals surface area contributed by atoms with Crippen LogP contribution in [0, 0.1) is 0 Å². The summed E-state index contributed by atoms with van der Waals surface area (Å²) in [6.07, 6.45) is 3.36. The molecule has 0 bridgehead atoms. The number of rotatable bonds is 6. The van der Waals surface area contributed by atoms with Gasteiger partial charge in [0.25, 0.3) is 5.75 Å². The van der Waals surface area contributed by atoms with E-state index >= 15 is 0 Å². The lowest BCUT2D eigenvalue weighted by Crippen LogP contribution is -2.04. The minimum Gasteiger partial charge on any atom is -0.504 e. The Morgan fingerprint density at radius 2 is 2.19 bits per heavy atom. The van der Waals surface area contributed by atoms with Crippen molar-refractivity contribution in [1.82, 2.24) is 0 Å². The van der Waals surface area contributed by atoms with Crippen molar-refractivity contribution in [2.45, 2.75) is 13.3 Å². The highest BCUT2D eigenvalue weighted by molar-refractivity contribution is 5.86. The van der Waals surface area contributed by atoms with Crippen LogP contribution >= 0.6 is 0 Å². The Hall–Kier alpha value is -2.47. The molecular formula is C15H16O6. The molecule has 0 fully saturated rings. The molecule has 0 aliphatic rings. The van der Waals surface area contributed by atoms with Crippen LogP contribution in [-0.2, 0) is 0 Å².